The third kappa shape index (κ3) is 4.06. The van der Waals surface area contributed by atoms with Crippen LogP contribution >= 0.6 is 0 Å². The number of carbonyl (C=O) groups excluding carboxylic acids is 2. The fourth-order valence-corrected chi connectivity index (χ4v) is 12.4. The van der Waals surface area contributed by atoms with Crippen LogP contribution in [-0.2, 0) is 20.9 Å². The van der Waals surface area contributed by atoms with E-state index >= 15 is 0 Å². The first-order valence-electron chi connectivity index (χ1n) is 16.6. The number of ether oxygens (including phenoxy) is 1. The maximum Gasteiger partial charge on any atom is 0.312 e. The molecule has 0 saturated heterocycles. The van der Waals surface area contributed by atoms with E-state index in [2.05, 4.69) is 39.2 Å². The molecule has 5 fully saturated rings. The predicted molar refractivity (Wildman–Crippen MR) is 158 cm³/mol. The number of aliphatic hydroxyl groups excluding tert-OH is 1. The number of nitrogens with zero attached hydrogens (tertiary/aromatic N) is 1. The fourth-order valence-electron chi connectivity index (χ4n) is 12.4. The van der Waals surface area contributed by atoms with E-state index in [1.165, 1.54) is 19.3 Å². The zero-order valence-electron chi connectivity index (χ0n) is 26.5. The summed E-state index contributed by atoms with van der Waals surface area (Å²) in [4.78, 5) is 27.2. The Hall–Kier alpha value is -1.75. The van der Waals surface area contributed by atoms with Gasteiger partial charge in [-0.15, -0.1) is 0 Å². The molecule has 0 aromatic carbocycles. The van der Waals surface area contributed by atoms with Gasteiger partial charge in [0, 0.05) is 18.1 Å². The molecule has 0 aliphatic heterocycles. The summed E-state index contributed by atoms with van der Waals surface area (Å²) in [5.41, 5.74) is -0.0915. The van der Waals surface area contributed by atoms with Gasteiger partial charge in [-0.05, 0) is 116 Å². The summed E-state index contributed by atoms with van der Waals surface area (Å²) >= 11 is 0. The van der Waals surface area contributed by atoms with Crippen LogP contribution in [0.4, 0.5) is 0 Å². The van der Waals surface area contributed by atoms with Gasteiger partial charge in [0.1, 0.15) is 5.78 Å². The van der Waals surface area contributed by atoms with Crippen LogP contribution in [0.3, 0.4) is 0 Å². The standard InChI is InChI=1S/C36H54NO4/c1-24(38)25-12-17-36(31(40)41-23-22-37-20-8-7-9-21-37)19-18-34(5)26(30(25)36)10-11-28-33(4)15-14-29(39)32(2,3)27(33)13-16-35(28,34)6/h7-9,20-21,25-30,39H,10-19,22-23H2,1-6H3/q+1/t25-,26+,27-,28+,29-,30+,33-,34+,35+,36-/m0/s1. The molecule has 1 aromatic heterocycles. The molecule has 5 nitrogen and oxygen atoms in total. The topological polar surface area (TPSA) is 67.5 Å². The van der Waals surface area contributed by atoms with Crippen LogP contribution in [0.1, 0.15) is 106 Å². The van der Waals surface area contributed by atoms with E-state index in [0.29, 0.717) is 30.9 Å². The molecule has 1 aromatic rings. The Labute approximate surface area is 247 Å². The van der Waals surface area contributed by atoms with Crippen molar-refractivity contribution in [3.05, 3.63) is 30.6 Å². The molecule has 5 aliphatic rings. The molecular formula is C36H54NO4+. The van der Waals surface area contributed by atoms with Crippen LogP contribution in [0.2, 0.25) is 0 Å². The number of ketones is 1. The largest absolute Gasteiger partial charge is 0.459 e. The number of rotatable bonds is 5. The zero-order valence-corrected chi connectivity index (χ0v) is 26.5. The molecule has 1 heterocycles. The highest BCUT2D eigenvalue weighted by Crippen LogP contribution is 2.77. The van der Waals surface area contributed by atoms with Crippen LogP contribution < -0.4 is 4.57 Å². The molecule has 1 N–H and O–H groups in total. The molecule has 0 amide bonds. The van der Waals surface area contributed by atoms with Crippen molar-refractivity contribution in [1.29, 1.82) is 0 Å². The number of esters is 1. The van der Waals surface area contributed by atoms with Crippen LogP contribution in [0.25, 0.3) is 0 Å². The molecule has 0 bridgehead atoms. The number of aromatic nitrogens is 1. The van der Waals surface area contributed by atoms with E-state index in [1.54, 1.807) is 6.92 Å². The molecular weight excluding hydrogens is 510 g/mol. The zero-order chi connectivity index (χ0) is 29.4. The van der Waals surface area contributed by atoms with Gasteiger partial charge in [-0.2, -0.15) is 0 Å². The van der Waals surface area contributed by atoms with Gasteiger partial charge in [-0.3, -0.25) is 9.59 Å². The number of Topliss-reactive ketones (excluding diaryl/α,β-unsaturated/α-hetero) is 1. The van der Waals surface area contributed by atoms with Gasteiger partial charge in [0.05, 0.1) is 11.5 Å². The second-order valence-corrected chi connectivity index (χ2v) is 16.2. The van der Waals surface area contributed by atoms with Gasteiger partial charge in [0.15, 0.2) is 25.5 Å². The number of carbonyl (C=O) groups is 2. The molecule has 10 atom stereocenters. The van der Waals surface area contributed by atoms with Crippen LogP contribution in [0.15, 0.2) is 30.6 Å². The summed E-state index contributed by atoms with van der Waals surface area (Å²) in [6.07, 6.45) is 13.9. The fraction of sp³-hybridized carbons (Fsp3) is 0.806. The van der Waals surface area contributed by atoms with Crippen molar-refractivity contribution in [1.82, 2.24) is 0 Å². The summed E-state index contributed by atoms with van der Waals surface area (Å²) in [6.45, 7) is 15.1. The second-order valence-electron chi connectivity index (χ2n) is 16.2. The van der Waals surface area contributed by atoms with Crippen molar-refractivity contribution in [3.8, 4) is 0 Å². The summed E-state index contributed by atoms with van der Waals surface area (Å²) < 4.78 is 8.14. The Bertz CT molecular complexity index is 1180. The van der Waals surface area contributed by atoms with Crippen LogP contribution in [0, 0.1) is 56.7 Å². The Morgan fingerprint density at radius 3 is 2.27 bits per heavy atom. The molecule has 5 saturated carbocycles. The average Bonchev–Trinajstić information content (AvgIpc) is 3.33. The van der Waals surface area contributed by atoms with E-state index in [1.807, 2.05) is 30.6 Å². The Morgan fingerprint density at radius 1 is 0.829 bits per heavy atom. The molecule has 6 rings (SSSR count). The quantitative estimate of drug-likeness (QED) is 0.325. The Balaban J connectivity index is 1.30. The second kappa shape index (κ2) is 9.89. The first kappa shape index (κ1) is 29.3. The lowest BCUT2D eigenvalue weighted by atomic mass is 9.32. The van der Waals surface area contributed by atoms with Gasteiger partial charge in [0.25, 0.3) is 0 Å². The SMILES string of the molecule is CC(=O)[C@@H]1CC[C@]2(C(=O)OCC[n+]3ccccc3)CC[C@]3(C)[C@H](CC[C@@H]4[C@@]5(C)CC[C@H](O)C(C)(C)[C@@H]5CC[C@]43C)[C@@H]12. The van der Waals surface area contributed by atoms with E-state index < -0.39 is 5.41 Å². The molecule has 0 radical (unpaired) electrons. The number of pyridine rings is 1. The van der Waals surface area contributed by atoms with Crippen molar-refractivity contribution in [3.63, 3.8) is 0 Å². The van der Waals surface area contributed by atoms with Gasteiger partial charge in [-0.1, -0.05) is 40.7 Å². The maximum absolute atomic E-state index is 14.1. The summed E-state index contributed by atoms with van der Waals surface area (Å²) in [7, 11) is 0. The van der Waals surface area contributed by atoms with Crippen molar-refractivity contribution in [2.24, 2.45) is 56.7 Å². The van der Waals surface area contributed by atoms with Crippen molar-refractivity contribution >= 4 is 11.8 Å². The molecule has 5 aliphatic carbocycles. The van der Waals surface area contributed by atoms with Gasteiger partial charge in [-0.25, -0.2) is 4.57 Å². The van der Waals surface area contributed by atoms with Crippen molar-refractivity contribution in [2.75, 3.05) is 6.61 Å². The van der Waals surface area contributed by atoms with Crippen LogP contribution in [0.5, 0.6) is 0 Å². The lowest BCUT2D eigenvalue weighted by molar-refractivity contribution is -0.698. The van der Waals surface area contributed by atoms with E-state index in [4.69, 9.17) is 4.74 Å². The molecule has 41 heavy (non-hydrogen) atoms. The molecule has 226 valence electrons. The summed E-state index contributed by atoms with van der Waals surface area (Å²) in [5.74, 6) is 1.78. The van der Waals surface area contributed by atoms with Gasteiger partial charge in [0.2, 0.25) is 0 Å². The predicted octanol–water partition coefficient (Wildman–Crippen LogP) is 6.55. The van der Waals surface area contributed by atoms with Crippen LogP contribution in [-0.4, -0.2) is 29.6 Å². The molecule has 0 spiro atoms. The highest BCUT2D eigenvalue weighted by atomic mass is 16.5. The lowest BCUT2D eigenvalue weighted by Crippen LogP contribution is -2.67. The highest BCUT2D eigenvalue weighted by Gasteiger charge is 2.72. The van der Waals surface area contributed by atoms with Gasteiger partial charge >= 0.3 is 5.97 Å². The third-order valence-corrected chi connectivity index (χ3v) is 14.7. The number of fused-ring (bicyclic) bond motifs is 7. The third-order valence-electron chi connectivity index (χ3n) is 14.7. The Kier molecular flexibility index (Phi) is 7.08. The minimum atomic E-state index is -0.525. The normalized spacial score (nSPS) is 46.4. The van der Waals surface area contributed by atoms with E-state index in [9.17, 15) is 14.7 Å². The minimum Gasteiger partial charge on any atom is -0.459 e. The number of hydrogen-bond donors (Lipinski definition) is 1. The first-order valence-corrected chi connectivity index (χ1v) is 16.6. The summed E-state index contributed by atoms with van der Waals surface area (Å²) in [5, 5.41) is 11.0. The first-order chi connectivity index (χ1) is 19.3. The lowest BCUT2D eigenvalue weighted by Gasteiger charge is -2.72. The minimum absolute atomic E-state index is 0.0356. The number of hydrogen-bond acceptors (Lipinski definition) is 4. The monoisotopic (exact) mass is 564 g/mol. The summed E-state index contributed by atoms with van der Waals surface area (Å²) in [6, 6.07) is 5.98. The van der Waals surface area contributed by atoms with E-state index in [-0.39, 0.29) is 51.4 Å². The smallest absolute Gasteiger partial charge is 0.312 e. The maximum atomic E-state index is 14.1. The average molecular weight is 565 g/mol. The van der Waals surface area contributed by atoms with E-state index in [0.717, 1.165) is 44.9 Å². The molecule has 0 unspecified atom stereocenters. The Morgan fingerprint density at radius 2 is 1.56 bits per heavy atom. The highest BCUT2D eigenvalue weighted by molar-refractivity contribution is 5.84. The molecule has 5 heteroatoms. The van der Waals surface area contributed by atoms with Crippen molar-refractivity contribution < 1.29 is 24.0 Å². The van der Waals surface area contributed by atoms with Gasteiger partial charge < -0.3 is 9.84 Å². The number of aliphatic hydroxyl groups is 1. The van der Waals surface area contributed by atoms with Crippen molar-refractivity contribution in [2.45, 2.75) is 118 Å².